The number of anilines is 1. The van der Waals surface area contributed by atoms with Crippen molar-refractivity contribution in [1.29, 1.82) is 0 Å². The van der Waals surface area contributed by atoms with Crippen molar-refractivity contribution >= 4 is 21.4 Å². The van der Waals surface area contributed by atoms with Gasteiger partial charge in [-0.2, -0.15) is 0 Å². The number of ether oxygens (including phenoxy) is 1. The van der Waals surface area contributed by atoms with Gasteiger partial charge in [0, 0.05) is 24.4 Å². The van der Waals surface area contributed by atoms with Crippen LogP contribution in [-0.4, -0.2) is 32.2 Å². The molecule has 0 spiro atoms. The highest BCUT2D eigenvalue weighted by atomic mass is 32.2. The largest absolute Gasteiger partial charge is 0.493 e. The molecule has 0 radical (unpaired) electrons. The fraction of sp³-hybridized carbons (Fsp3) is 0.455. The van der Waals surface area contributed by atoms with E-state index < -0.39 is 14.9 Å². The quantitative estimate of drug-likeness (QED) is 0.547. The first-order chi connectivity index (χ1) is 9.31. The number of benzene rings is 1. The zero-order valence-corrected chi connectivity index (χ0v) is 11.9. The zero-order valence-electron chi connectivity index (χ0n) is 11.0. The molecule has 0 bridgehead atoms. The summed E-state index contributed by atoms with van der Waals surface area (Å²) in [6.07, 6.45) is 0.775. The van der Waals surface area contributed by atoms with E-state index in [4.69, 9.17) is 9.88 Å². The molecule has 3 N–H and O–H groups in total. The number of rotatable bonds is 8. The van der Waals surface area contributed by atoms with E-state index in [1.165, 1.54) is 12.1 Å². The molecule has 0 amide bonds. The first-order valence-corrected chi connectivity index (χ1v) is 7.70. The van der Waals surface area contributed by atoms with Gasteiger partial charge in [-0.25, -0.2) is 13.6 Å². The molecule has 8 nitrogen and oxygen atoms in total. The lowest BCUT2D eigenvalue weighted by Gasteiger charge is -2.09. The molecule has 0 saturated carbocycles. The minimum Gasteiger partial charge on any atom is -0.493 e. The van der Waals surface area contributed by atoms with E-state index in [1.807, 2.05) is 6.92 Å². The Balaban J connectivity index is 2.82. The monoisotopic (exact) mass is 303 g/mol. The Kier molecular flexibility index (Phi) is 5.71. The van der Waals surface area contributed by atoms with Crippen LogP contribution < -0.4 is 15.2 Å². The van der Waals surface area contributed by atoms with Crippen LogP contribution in [0.1, 0.15) is 13.3 Å². The predicted octanol–water partition coefficient (Wildman–Crippen LogP) is 1.08. The van der Waals surface area contributed by atoms with E-state index >= 15 is 0 Å². The molecule has 112 valence electrons. The Bertz CT molecular complexity index is 573. The molecule has 1 aromatic rings. The fourth-order valence-electron chi connectivity index (χ4n) is 1.43. The molecule has 0 unspecified atom stereocenters. The zero-order chi connectivity index (χ0) is 15.2. The molecule has 0 atom stereocenters. The number of hydrogen-bond acceptors (Lipinski definition) is 6. The second-order valence-electron chi connectivity index (χ2n) is 4.11. The van der Waals surface area contributed by atoms with E-state index in [0.29, 0.717) is 18.0 Å². The molecule has 0 fully saturated rings. The number of nitro groups is 1. The molecular weight excluding hydrogens is 286 g/mol. The van der Waals surface area contributed by atoms with Gasteiger partial charge in [0.25, 0.3) is 5.69 Å². The molecule has 1 rings (SSSR count). The molecule has 20 heavy (non-hydrogen) atoms. The highest BCUT2D eigenvalue weighted by Crippen LogP contribution is 2.26. The van der Waals surface area contributed by atoms with Crippen molar-refractivity contribution in [3.63, 3.8) is 0 Å². The third-order valence-corrected chi connectivity index (χ3v) is 3.06. The molecule has 0 saturated heterocycles. The Labute approximate surface area is 117 Å². The van der Waals surface area contributed by atoms with Crippen LogP contribution in [0.2, 0.25) is 0 Å². The van der Waals surface area contributed by atoms with Crippen LogP contribution in [0.4, 0.5) is 11.4 Å². The second-order valence-corrected chi connectivity index (χ2v) is 5.85. The molecule has 0 aliphatic heterocycles. The van der Waals surface area contributed by atoms with Gasteiger partial charge in [-0.15, -0.1) is 0 Å². The highest BCUT2D eigenvalue weighted by molar-refractivity contribution is 7.89. The summed E-state index contributed by atoms with van der Waals surface area (Å²) in [4.78, 5) is 10.3. The summed E-state index contributed by atoms with van der Waals surface area (Å²) in [5.74, 6) is 0.0973. The summed E-state index contributed by atoms with van der Waals surface area (Å²) >= 11 is 0. The number of nitrogens with two attached hydrogens (primary N) is 1. The Hall–Kier alpha value is -1.87. The Morgan fingerprint density at radius 2 is 2.10 bits per heavy atom. The summed E-state index contributed by atoms with van der Waals surface area (Å²) in [5, 5.41) is 18.5. The number of hydrogen-bond donors (Lipinski definition) is 2. The summed E-state index contributed by atoms with van der Waals surface area (Å²) in [7, 11) is -3.57. The number of nitro benzene ring substituents is 1. The normalized spacial score (nSPS) is 11.1. The smallest absolute Gasteiger partial charge is 0.275 e. The van der Waals surface area contributed by atoms with Crippen molar-refractivity contribution in [2.45, 2.75) is 13.3 Å². The van der Waals surface area contributed by atoms with E-state index in [0.717, 1.165) is 6.42 Å². The third kappa shape index (κ3) is 5.85. The maximum absolute atomic E-state index is 10.8. The van der Waals surface area contributed by atoms with Crippen LogP contribution in [0.15, 0.2) is 18.2 Å². The van der Waals surface area contributed by atoms with Crippen molar-refractivity contribution in [2.75, 3.05) is 24.2 Å². The lowest BCUT2D eigenvalue weighted by molar-refractivity contribution is -0.384. The molecule has 0 aliphatic carbocycles. The summed E-state index contributed by atoms with van der Waals surface area (Å²) in [5.41, 5.74) is 0.283. The summed E-state index contributed by atoms with van der Waals surface area (Å²) in [6.45, 7) is 2.42. The van der Waals surface area contributed by atoms with Crippen molar-refractivity contribution in [3.8, 4) is 5.75 Å². The van der Waals surface area contributed by atoms with Gasteiger partial charge in [-0.05, 0) is 6.42 Å². The summed E-state index contributed by atoms with van der Waals surface area (Å²) < 4.78 is 27.0. The predicted molar refractivity (Wildman–Crippen MR) is 75.3 cm³/mol. The fourth-order valence-corrected chi connectivity index (χ4v) is 1.82. The van der Waals surface area contributed by atoms with E-state index in [-0.39, 0.29) is 18.0 Å². The van der Waals surface area contributed by atoms with Gasteiger partial charge in [0.1, 0.15) is 5.75 Å². The SMILES string of the molecule is CCCOc1cc(NCCS(N)(=O)=O)cc([N+](=O)[O-])c1. The first-order valence-electron chi connectivity index (χ1n) is 5.98. The van der Waals surface area contributed by atoms with Gasteiger partial charge in [0.2, 0.25) is 10.0 Å². The minimum atomic E-state index is -3.57. The van der Waals surface area contributed by atoms with Crippen LogP contribution >= 0.6 is 0 Å². The molecule has 1 aromatic carbocycles. The topological polar surface area (TPSA) is 125 Å². The van der Waals surface area contributed by atoms with Gasteiger partial charge in [-0.3, -0.25) is 10.1 Å². The maximum Gasteiger partial charge on any atom is 0.275 e. The lowest BCUT2D eigenvalue weighted by Crippen LogP contribution is -2.22. The number of non-ortho nitro benzene ring substituents is 1. The minimum absolute atomic E-state index is 0.0627. The van der Waals surface area contributed by atoms with E-state index in [9.17, 15) is 18.5 Å². The third-order valence-electron chi connectivity index (χ3n) is 2.29. The Morgan fingerprint density at radius 1 is 1.40 bits per heavy atom. The van der Waals surface area contributed by atoms with Crippen LogP contribution in [0, 0.1) is 10.1 Å². The van der Waals surface area contributed by atoms with Crippen molar-refractivity contribution < 1.29 is 18.1 Å². The first kappa shape index (κ1) is 16.2. The molecule has 0 aromatic heterocycles. The molecular formula is C11H17N3O5S. The van der Waals surface area contributed by atoms with Crippen molar-refractivity contribution in [3.05, 3.63) is 28.3 Å². The molecule has 9 heteroatoms. The number of primary sulfonamides is 1. The molecule has 0 heterocycles. The average molecular weight is 303 g/mol. The van der Waals surface area contributed by atoms with Gasteiger partial charge in [0.15, 0.2) is 0 Å². The number of nitrogens with one attached hydrogen (secondary N) is 1. The van der Waals surface area contributed by atoms with E-state index in [1.54, 1.807) is 6.07 Å². The van der Waals surface area contributed by atoms with Crippen LogP contribution in [0.3, 0.4) is 0 Å². The second kappa shape index (κ2) is 7.06. The van der Waals surface area contributed by atoms with Crippen LogP contribution in [0.5, 0.6) is 5.75 Å². The summed E-state index contributed by atoms with van der Waals surface area (Å²) in [6, 6.07) is 4.20. The number of sulfonamides is 1. The average Bonchev–Trinajstić information content (AvgIpc) is 2.34. The van der Waals surface area contributed by atoms with Crippen LogP contribution in [0.25, 0.3) is 0 Å². The van der Waals surface area contributed by atoms with Crippen LogP contribution in [-0.2, 0) is 10.0 Å². The Morgan fingerprint density at radius 3 is 2.65 bits per heavy atom. The highest BCUT2D eigenvalue weighted by Gasteiger charge is 2.11. The van der Waals surface area contributed by atoms with Crippen molar-refractivity contribution in [1.82, 2.24) is 0 Å². The standard InChI is InChI=1S/C11H17N3O5S/c1-2-4-19-11-7-9(6-10(8-11)14(15)16)13-3-5-20(12,17)18/h6-8,13H,2-5H2,1H3,(H2,12,17,18). The van der Waals surface area contributed by atoms with Gasteiger partial charge in [-0.1, -0.05) is 6.92 Å². The van der Waals surface area contributed by atoms with E-state index in [2.05, 4.69) is 5.32 Å². The van der Waals surface area contributed by atoms with Gasteiger partial charge in [0.05, 0.1) is 23.3 Å². The molecule has 0 aliphatic rings. The lowest BCUT2D eigenvalue weighted by atomic mass is 10.2. The number of nitrogens with zero attached hydrogens (tertiary/aromatic N) is 1. The van der Waals surface area contributed by atoms with Crippen molar-refractivity contribution in [2.24, 2.45) is 5.14 Å². The van der Waals surface area contributed by atoms with Gasteiger partial charge >= 0.3 is 0 Å². The maximum atomic E-state index is 10.8. The van der Waals surface area contributed by atoms with Gasteiger partial charge < -0.3 is 10.1 Å².